The van der Waals surface area contributed by atoms with E-state index < -0.39 is 23.1 Å². The number of anilines is 2. The van der Waals surface area contributed by atoms with E-state index in [1.807, 2.05) is 4.90 Å². The molecule has 162 valence electrons. The van der Waals surface area contributed by atoms with Gasteiger partial charge in [0, 0.05) is 35.9 Å². The summed E-state index contributed by atoms with van der Waals surface area (Å²) in [7, 11) is 0. The van der Waals surface area contributed by atoms with Crippen LogP contribution in [0.2, 0.25) is 0 Å². The van der Waals surface area contributed by atoms with Crippen LogP contribution in [0.15, 0.2) is 47.4 Å². The van der Waals surface area contributed by atoms with Crippen molar-refractivity contribution in [3.8, 4) is 0 Å². The summed E-state index contributed by atoms with van der Waals surface area (Å²) in [5.41, 5.74) is -0.388. The molecule has 31 heavy (non-hydrogen) atoms. The van der Waals surface area contributed by atoms with E-state index in [0.29, 0.717) is 41.2 Å². The third-order valence-corrected chi connectivity index (χ3v) is 5.71. The van der Waals surface area contributed by atoms with Crippen molar-refractivity contribution in [2.75, 3.05) is 23.3 Å². The minimum atomic E-state index is -4.66. The molecular formula is C23H22F3N3O2. The molecule has 3 aromatic rings. The quantitative estimate of drug-likeness (QED) is 0.619. The van der Waals surface area contributed by atoms with Crippen molar-refractivity contribution >= 4 is 28.2 Å². The van der Waals surface area contributed by atoms with Gasteiger partial charge in [0.1, 0.15) is 5.56 Å². The molecule has 0 spiro atoms. The highest BCUT2D eigenvalue weighted by atomic mass is 19.4. The molecular weight excluding hydrogens is 407 g/mol. The van der Waals surface area contributed by atoms with Crippen LogP contribution in [0.5, 0.6) is 0 Å². The largest absolute Gasteiger partial charge is 0.418 e. The Bertz CT molecular complexity index is 1220. The van der Waals surface area contributed by atoms with Crippen molar-refractivity contribution in [3.05, 3.63) is 69.5 Å². The zero-order valence-corrected chi connectivity index (χ0v) is 17.1. The van der Waals surface area contributed by atoms with E-state index in [2.05, 4.69) is 17.2 Å². The third kappa shape index (κ3) is 4.02. The highest BCUT2D eigenvalue weighted by molar-refractivity contribution is 6.06. The highest BCUT2D eigenvalue weighted by Gasteiger charge is 2.35. The Morgan fingerprint density at radius 2 is 2.00 bits per heavy atom. The molecule has 0 aliphatic carbocycles. The molecule has 8 heteroatoms. The Kier molecular flexibility index (Phi) is 5.24. The smallest absolute Gasteiger partial charge is 0.371 e. The van der Waals surface area contributed by atoms with Gasteiger partial charge < -0.3 is 15.2 Å². The second-order valence-electron chi connectivity index (χ2n) is 8.05. The summed E-state index contributed by atoms with van der Waals surface area (Å²) in [6.07, 6.45) is -2.51. The number of rotatable bonds is 3. The van der Waals surface area contributed by atoms with E-state index in [4.69, 9.17) is 0 Å². The first kappa shape index (κ1) is 21.0. The van der Waals surface area contributed by atoms with Crippen LogP contribution < -0.4 is 15.6 Å². The zero-order valence-electron chi connectivity index (χ0n) is 17.1. The lowest BCUT2D eigenvalue weighted by Crippen LogP contribution is -2.24. The minimum Gasteiger partial charge on any atom is -0.371 e. The fourth-order valence-corrected chi connectivity index (χ4v) is 4.04. The summed E-state index contributed by atoms with van der Waals surface area (Å²) in [4.78, 5) is 30.3. The average molecular weight is 429 g/mol. The molecule has 2 N–H and O–H groups in total. The van der Waals surface area contributed by atoms with E-state index >= 15 is 0 Å². The summed E-state index contributed by atoms with van der Waals surface area (Å²) in [5.74, 6) is -0.476. The van der Waals surface area contributed by atoms with Gasteiger partial charge >= 0.3 is 6.18 Å². The SMILES string of the molecule is Cc1cccc2[nH]cc(C(=O)Nc3ccc(N4CC[C@@H](C)C4)cc3C(F)(F)F)c(=O)c12. The van der Waals surface area contributed by atoms with Crippen LogP contribution in [-0.2, 0) is 6.18 Å². The van der Waals surface area contributed by atoms with Gasteiger partial charge in [-0.3, -0.25) is 9.59 Å². The number of hydrogen-bond donors (Lipinski definition) is 2. The first-order valence-electron chi connectivity index (χ1n) is 10.0. The van der Waals surface area contributed by atoms with E-state index in [1.54, 1.807) is 31.2 Å². The number of carbonyl (C=O) groups excluding carboxylic acids is 1. The molecule has 0 bridgehead atoms. The molecule has 2 heterocycles. The van der Waals surface area contributed by atoms with Crippen molar-refractivity contribution in [2.45, 2.75) is 26.4 Å². The lowest BCUT2D eigenvalue weighted by Gasteiger charge is -2.21. The lowest BCUT2D eigenvalue weighted by atomic mass is 10.1. The van der Waals surface area contributed by atoms with Crippen LogP contribution in [0, 0.1) is 12.8 Å². The fourth-order valence-electron chi connectivity index (χ4n) is 4.04. The number of carbonyl (C=O) groups is 1. The molecule has 1 saturated heterocycles. The number of pyridine rings is 1. The topological polar surface area (TPSA) is 65.2 Å². The van der Waals surface area contributed by atoms with Gasteiger partial charge in [-0.25, -0.2) is 0 Å². The average Bonchev–Trinajstić information content (AvgIpc) is 3.14. The summed E-state index contributed by atoms with van der Waals surface area (Å²) in [6.45, 7) is 5.17. The van der Waals surface area contributed by atoms with Gasteiger partial charge in [0.25, 0.3) is 5.91 Å². The normalized spacial score (nSPS) is 16.7. The number of halogens is 3. The van der Waals surface area contributed by atoms with Gasteiger partial charge in [0.05, 0.1) is 11.3 Å². The molecule has 5 nitrogen and oxygen atoms in total. The molecule has 1 atom stereocenters. The van der Waals surface area contributed by atoms with E-state index in [0.717, 1.165) is 12.5 Å². The summed E-state index contributed by atoms with van der Waals surface area (Å²) >= 11 is 0. The Morgan fingerprint density at radius 1 is 1.23 bits per heavy atom. The first-order valence-corrected chi connectivity index (χ1v) is 10.0. The zero-order chi connectivity index (χ0) is 22.3. The molecule has 4 rings (SSSR count). The second-order valence-corrected chi connectivity index (χ2v) is 8.05. The van der Waals surface area contributed by atoms with Crippen LogP contribution >= 0.6 is 0 Å². The number of aromatic amines is 1. The monoisotopic (exact) mass is 429 g/mol. The van der Waals surface area contributed by atoms with Crippen molar-refractivity contribution in [1.29, 1.82) is 0 Å². The van der Waals surface area contributed by atoms with E-state index in [-0.39, 0.29) is 11.3 Å². The molecule has 1 aliphatic heterocycles. The number of nitrogens with zero attached hydrogens (tertiary/aromatic N) is 1. The molecule has 2 aromatic carbocycles. The molecule has 1 aromatic heterocycles. The second kappa shape index (κ2) is 7.76. The van der Waals surface area contributed by atoms with Crippen molar-refractivity contribution in [3.63, 3.8) is 0 Å². The number of benzene rings is 2. The van der Waals surface area contributed by atoms with Crippen LogP contribution in [0.1, 0.15) is 34.8 Å². The number of fused-ring (bicyclic) bond motifs is 1. The number of hydrogen-bond acceptors (Lipinski definition) is 3. The standard InChI is InChI=1S/C23H22F3N3O2/c1-13-8-9-29(12-13)15-6-7-18(17(10-15)23(24,25)26)28-22(31)16-11-27-19-5-3-4-14(2)20(19)21(16)30/h3-7,10-11,13H,8-9,12H2,1-2H3,(H,27,30)(H,28,31)/t13-/m1/s1. The predicted octanol–water partition coefficient (Wildman–Crippen LogP) is 4.95. The molecule has 0 radical (unpaired) electrons. The molecule has 0 saturated carbocycles. The summed E-state index contributed by atoms with van der Waals surface area (Å²) in [6, 6.07) is 9.08. The van der Waals surface area contributed by atoms with Crippen LogP contribution in [0.4, 0.5) is 24.5 Å². The third-order valence-electron chi connectivity index (χ3n) is 5.71. The number of aryl methyl sites for hydroxylation is 1. The number of nitrogens with one attached hydrogen (secondary N) is 2. The Labute approximate surface area is 176 Å². The Balaban J connectivity index is 1.70. The summed E-state index contributed by atoms with van der Waals surface area (Å²) in [5, 5.41) is 2.63. The van der Waals surface area contributed by atoms with Crippen LogP contribution in [0.3, 0.4) is 0 Å². The van der Waals surface area contributed by atoms with Gasteiger partial charge in [-0.05, 0) is 49.1 Å². The van der Waals surface area contributed by atoms with Gasteiger partial charge in [0.15, 0.2) is 0 Å². The number of aromatic nitrogens is 1. The van der Waals surface area contributed by atoms with Gasteiger partial charge in [0.2, 0.25) is 5.43 Å². The summed E-state index contributed by atoms with van der Waals surface area (Å²) < 4.78 is 41.2. The number of H-pyrrole nitrogens is 1. The van der Waals surface area contributed by atoms with Gasteiger partial charge in [-0.15, -0.1) is 0 Å². The van der Waals surface area contributed by atoms with Crippen LogP contribution in [0.25, 0.3) is 10.9 Å². The van der Waals surface area contributed by atoms with Gasteiger partial charge in [-0.2, -0.15) is 13.2 Å². The maximum absolute atomic E-state index is 13.7. The Hall–Kier alpha value is -3.29. The maximum Gasteiger partial charge on any atom is 0.418 e. The van der Waals surface area contributed by atoms with Crippen molar-refractivity contribution in [1.82, 2.24) is 4.98 Å². The highest BCUT2D eigenvalue weighted by Crippen LogP contribution is 2.38. The minimum absolute atomic E-state index is 0.243. The first-order chi connectivity index (χ1) is 14.6. The molecule has 1 fully saturated rings. The molecule has 1 aliphatic rings. The van der Waals surface area contributed by atoms with Crippen molar-refractivity contribution in [2.24, 2.45) is 5.92 Å². The molecule has 0 unspecified atom stereocenters. The number of amides is 1. The molecule has 1 amide bonds. The van der Waals surface area contributed by atoms with E-state index in [1.165, 1.54) is 12.3 Å². The van der Waals surface area contributed by atoms with Crippen molar-refractivity contribution < 1.29 is 18.0 Å². The van der Waals surface area contributed by atoms with Gasteiger partial charge in [-0.1, -0.05) is 19.1 Å². The maximum atomic E-state index is 13.7. The predicted molar refractivity (Wildman–Crippen MR) is 115 cm³/mol. The lowest BCUT2D eigenvalue weighted by molar-refractivity contribution is -0.136. The van der Waals surface area contributed by atoms with Crippen LogP contribution in [-0.4, -0.2) is 24.0 Å². The number of alkyl halides is 3. The Morgan fingerprint density at radius 3 is 2.68 bits per heavy atom. The fraction of sp³-hybridized carbons (Fsp3) is 0.304. The van der Waals surface area contributed by atoms with E-state index in [9.17, 15) is 22.8 Å².